The number of pyridine rings is 1. The second-order valence-corrected chi connectivity index (χ2v) is 4.39. The predicted molar refractivity (Wildman–Crippen MR) is 65.4 cm³/mol. The third-order valence-corrected chi connectivity index (χ3v) is 2.99. The molecule has 0 saturated carbocycles. The highest BCUT2D eigenvalue weighted by atomic mass is 32.2. The average molecular weight is 234 g/mol. The van der Waals surface area contributed by atoms with Crippen LogP contribution in [0.1, 0.15) is 5.76 Å². The molecule has 2 heterocycles. The van der Waals surface area contributed by atoms with Crippen LogP contribution in [0.5, 0.6) is 0 Å². The van der Waals surface area contributed by atoms with E-state index in [1.54, 1.807) is 18.0 Å². The first-order valence-electron chi connectivity index (χ1n) is 5.22. The van der Waals surface area contributed by atoms with E-state index in [0.29, 0.717) is 0 Å². The van der Waals surface area contributed by atoms with Gasteiger partial charge in [0.25, 0.3) is 0 Å². The summed E-state index contributed by atoms with van der Waals surface area (Å²) in [6, 6.07) is 9.83. The quantitative estimate of drug-likeness (QED) is 0.616. The summed E-state index contributed by atoms with van der Waals surface area (Å²) in [5, 5.41) is 4.39. The molecule has 0 radical (unpaired) electrons. The summed E-state index contributed by atoms with van der Waals surface area (Å²) in [6.45, 7) is 1.73. The number of hydrogen-bond acceptors (Lipinski definition) is 4. The Morgan fingerprint density at radius 3 is 3.00 bits per heavy atom. The topological polar surface area (TPSA) is 38.1 Å². The maximum atomic E-state index is 5.22. The minimum atomic E-state index is 0.787. The normalized spacial score (nSPS) is 10.5. The molecule has 0 bridgehead atoms. The molecule has 2 aromatic heterocycles. The number of hydrogen-bond donors (Lipinski definition) is 1. The number of rotatable bonds is 6. The summed E-state index contributed by atoms with van der Waals surface area (Å²) < 4.78 is 5.22. The second-order valence-electron chi connectivity index (χ2n) is 3.27. The van der Waals surface area contributed by atoms with Gasteiger partial charge in [-0.1, -0.05) is 6.07 Å². The van der Waals surface area contributed by atoms with Gasteiger partial charge in [-0.3, -0.25) is 0 Å². The maximum absolute atomic E-state index is 5.22. The van der Waals surface area contributed by atoms with E-state index >= 15 is 0 Å². The molecule has 0 saturated heterocycles. The highest BCUT2D eigenvalue weighted by Gasteiger charge is 1.96. The van der Waals surface area contributed by atoms with Gasteiger partial charge in [-0.2, -0.15) is 0 Å². The van der Waals surface area contributed by atoms with E-state index in [2.05, 4.69) is 10.3 Å². The van der Waals surface area contributed by atoms with Crippen molar-refractivity contribution in [2.45, 2.75) is 11.6 Å². The van der Waals surface area contributed by atoms with Gasteiger partial charge in [-0.25, -0.2) is 4.98 Å². The molecule has 3 nitrogen and oxygen atoms in total. The fourth-order valence-electron chi connectivity index (χ4n) is 1.28. The first-order chi connectivity index (χ1) is 7.95. The molecule has 0 unspecified atom stereocenters. The molecule has 0 aliphatic heterocycles. The van der Waals surface area contributed by atoms with E-state index in [4.69, 9.17) is 4.42 Å². The van der Waals surface area contributed by atoms with Crippen molar-refractivity contribution in [1.29, 1.82) is 0 Å². The standard InChI is InChI=1S/C12H14N2OS/c1-2-6-14-12(5-1)16-9-7-13-10-11-4-3-8-15-11/h1-6,8,13H,7,9-10H2. The lowest BCUT2D eigenvalue weighted by Gasteiger charge is -2.02. The Morgan fingerprint density at radius 2 is 2.25 bits per heavy atom. The van der Waals surface area contributed by atoms with Crippen molar-refractivity contribution in [2.24, 2.45) is 0 Å². The number of furan rings is 1. The van der Waals surface area contributed by atoms with E-state index in [1.165, 1.54) is 0 Å². The van der Waals surface area contributed by atoms with E-state index in [-0.39, 0.29) is 0 Å². The van der Waals surface area contributed by atoms with Crippen molar-refractivity contribution in [3.63, 3.8) is 0 Å². The number of thioether (sulfide) groups is 1. The summed E-state index contributed by atoms with van der Waals surface area (Å²) in [7, 11) is 0. The highest BCUT2D eigenvalue weighted by molar-refractivity contribution is 7.99. The molecule has 2 aromatic rings. The van der Waals surface area contributed by atoms with Gasteiger partial charge < -0.3 is 9.73 Å². The summed E-state index contributed by atoms with van der Waals surface area (Å²) >= 11 is 1.75. The van der Waals surface area contributed by atoms with Gasteiger partial charge in [0.1, 0.15) is 5.76 Å². The van der Waals surface area contributed by atoms with Crippen LogP contribution in [0, 0.1) is 0 Å². The Bertz CT molecular complexity index is 389. The van der Waals surface area contributed by atoms with E-state index < -0.39 is 0 Å². The smallest absolute Gasteiger partial charge is 0.117 e. The van der Waals surface area contributed by atoms with Crippen molar-refractivity contribution in [1.82, 2.24) is 10.3 Å². The highest BCUT2D eigenvalue weighted by Crippen LogP contribution is 2.12. The number of nitrogens with zero attached hydrogens (tertiary/aromatic N) is 1. The zero-order valence-corrected chi connectivity index (χ0v) is 9.74. The minimum absolute atomic E-state index is 0.787. The Kier molecular flexibility index (Phi) is 4.46. The zero-order chi connectivity index (χ0) is 11.1. The molecule has 1 N–H and O–H groups in total. The van der Waals surface area contributed by atoms with Gasteiger partial charge in [-0.05, 0) is 24.3 Å². The Morgan fingerprint density at radius 1 is 1.25 bits per heavy atom. The average Bonchev–Trinajstić information content (AvgIpc) is 2.83. The molecule has 0 aliphatic carbocycles. The lowest BCUT2D eigenvalue weighted by Crippen LogP contribution is -2.16. The summed E-state index contributed by atoms with van der Waals surface area (Å²) in [5.74, 6) is 1.99. The van der Waals surface area contributed by atoms with Crippen LogP contribution in [0.2, 0.25) is 0 Å². The molecular formula is C12H14N2OS. The Labute approximate surface area is 99.3 Å². The molecular weight excluding hydrogens is 220 g/mol. The Balaban J connectivity index is 1.59. The molecule has 84 valence electrons. The first-order valence-corrected chi connectivity index (χ1v) is 6.20. The number of aromatic nitrogens is 1. The molecule has 0 aromatic carbocycles. The van der Waals surface area contributed by atoms with E-state index in [0.717, 1.165) is 29.6 Å². The van der Waals surface area contributed by atoms with Crippen LogP contribution >= 0.6 is 11.8 Å². The SMILES string of the molecule is c1ccc(SCCNCc2ccco2)nc1. The van der Waals surface area contributed by atoms with Crippen molar-refractivity contribution in [3.05, 3.63) is 48.6 Å². The largest absolute Gasteiger partial charge is 0.468 e. The maximum Gasteiger partial charge on any atom is 0.117 e. The van der Waals surface area contributed by atoms with Crippen LogP contribution < -0.4 is 5.32 Å². The van der Waals surface area contributed by atoms with Crippen molar-refractivity contribution in [3.8, 4) is 0 Å². The van der Waals surface area contributed by atoms with Crippen LogP contribution in [0.3, 0.4) is 0 Å². The monoisotopic (exact) mass is 234 g/mol. The van der Waals surface area contributed by atoms with E-state index in [1.807, 2.05) is 36.5 Å². The van der Waals surface area contributed by atoms with Gasteiger partial charge in [0.2, 0.25) is 0 Å². The van der Waals surface area contributed by atoms with Gasteiger partial charge in [0.05, 0.1) is 17.8 Å². The number of nitrogens with one attached hydrogen (secondary N) is 1. The van der Waals surface area contributed by atoms with Crippen LogP contribution in [-0.2, 0) is 6.54 Å². The molecule has 0 aliphatic rings. The predicted octanol–water partition coefficient (Wildman–Crippen LogP) is 2.56. The molecule has 4 heteroatoms. The third kappa shape index (κ3) is 3.72. The van der Waals surface area contributed by atoms with Gasteiger partial charge in [0.15, 0.2) is 0 Å². The lowest BCUT2D eigenvalue weighted by atomic mass is 10.4. The summed E-state index contributed by atoms with van der Waals surface area (Å²) in [5.41, 5.74) is 0. The zero-order valence-electron chi connectivity index (χ0n) is 8.93. The molecule has 16 heavy (non-hydrogen) atoms. The van der Waals surface area contributed by atoms with Crippen molar-refractivity contribution >= 4 is 11.8 Å². The first kappa shape index (κ1) is 11.2. The minimum Gasteiger partial charge on any atom is -0.468 e. The lowest BCUT2D eigenvalue weighted by molar-refractivity contribution is 0.488. The van der Waals surface area contributed by atoms with Crippen LogP contribution in [-0.4, -0.2) is 17.3 Å². The fourth-order valence-corrected chi connectivity index (χ4v) is 2.05. The van der Waals surface area contributed by atoms with Gasteiger partial charge >= 0.3 is 0 Å². The fraction of sp³-hybridized carbons (Fsp3) is 0.250. The second kappa shape index (κ2) is 6.35. The van der Waals surface area contributed by atoms with Crippen LogP contribution in [0.4, 0.5) is 0 Å². The van der Waals surface area contributed by atoms with Crippen molar-refractivity contribution < 1.29 is 4.42 Å². The molecule has 0 spiro atoms. The third-order valence-electron chi connectivity index (χ3n) is 2.05. The van der Waals surface area contributed by atoms with Crippen molar-refractivity contribution in [2.75, 3.05) is 12.3 Å². The summed E-state index contributed by atoms with van der Waals surface area (Å²) in [4.78, 5) is 4.24. The van der Waals surface area contributed by atoms with E-state index in [9.17, 15) is 0 Å². The molecule has 2 rings (SSSR count). The summed E-state index contributed by atoms with van der Waals surface area (Å²) in [6.07, 6.45) is 3.51. The molecule has 0 atom stereocenters. The van der Waals surface area contributed by atoms with Crippen LogP contribution in [0.15, 0.2) is 52.2 Å². The Hall–Kier alpha value is -1.26. The van der Waals surface area contributed by atoms with Gasteiger partial charge in [-0.15, -0.1) is 11.8 Å². The van der Waals surface area contributed by atoms with Crippen LogP contribution in [0.25, 0.3) is 0 Å². The van der Waals surface area contributed by atoms with Gasteiger partial charge in [0, 0.05) is 18.5 Å². The molecule has 0 amide bonds. The molecule has 0 fully saturated rings.